The summed E-state index contributed by atoms with van der Waals surface area (Å²) in [6.45, 7) is 6.18. The lowest BCUT2D eigenvalue weighted by molar-refractivity contribution is -0.900. The number of unbranched alkanes of at least 4 members (excludes halogenated alkanes) is 1. The SMILES string of the molecule is O=C1[C@H]2CCCCN2C(=O)N1CCCC[NH+]1CCN(c2ccc([N+](=O)[O-])cc2)CC1. The van der Waals surface area contributed by atoms with Gasteiger partial charge in [-0.15, -0.1) is 0 Å². The second-order valence-corrected chi connectivity index (χ2v) is 8.45. The fourth-order valence-corrected chi connectivity index (χ4v) is 4.81. The molecule has 0 spiro atoms. The molecule has 30 heavy (non-hydrogen) atoms. The lowest BCUT2D eigenvalue weighted by atomic mass is 10.0. The fraction of sp³-hybridized carbons (Fsp3) is 0.619. The normalized spacial score (nSPS) is 22.5. The first-order valence-electron chi connectivity index (χ1n) is 11.0. The van der Waals surface area contributed by atoms with E-state index in [0.29, 0.717) is 6.54 Å². The molecule has 4 rings (SSSR count). The highest BCUT2D eigenvalue weighted by molar-refractivity contribution is 6.04. The number of urea groups is 1. The number of nitro groups is 1. The molecule has 0 unspecified atom stereocenters. The highest BCUT2D eigenvalue weighted by atomic mass is 16.6. The first kappa shape index (κ1) is 20.6. The predicted molar refractivity (Wildman–Crippen MR) is 112 cm³/mol. The second kappa shape index (κ2) is 8.99. The Labute approximate surface area is 176 Å². The second-order valence-electron chi connectivity index (χ2n) is 8.45. The van der Waals surface area contributed by atoms with E-state index in [9.17, 15) is 19.7 Å². The van der Waals surface area contributed by atoms with Gasteiger partial charge in [-0.3, -0.25) is 19.8 Å². The van der Waals surface area contributed by atoms with Gasteiger partial charge >= 0.3 is 6.03 Å². The van der Waals surface area contributed by atoms with Crippen LogP contribution >= 0.6 is 0 Å². The molecule has 3 saturated heterocycles. The van der Waals surface area contributed by atoms with E-state index in [1.807, 2.05) is 12.1 Å². The summed E-state index contributed by atoms with van der Waals surface area (Å²) in [5.41, 5.74) is 1.15. The molecule has 1 aromatic rings. The zero-order valence-corrected chi connectivity index (χ0v) is 17.3. The largest absolute Gasteiger partial charge is 0.360 e. The van der Waals surface area contributed by atoms with Crippen molar-refractivity contribution in [1.82, 2.24) is 9.80 Å². The molecule has 0 radical (unpaired) electrons. The third-order valence-corrected chi connectivity index (χ3v) is 6.59. The number of rotatable bonds is 7. The van der Waals surface area contributed by atoms with Crippen LogP contribution in [-0.2, 0) is 4.79 Å². The molecular weight excluding hydrogens is 386 g/mol. The number of amides is 3. The molecule has 0 aliphatic carbocycles. The summed E-state index contributed by atoms with van der Waals surface area (Å²) in [5, 5.41) is 10.8. The van der Waals surface area contributed by atoms with Crippen molar-refractivity contribution in [2.45, 2.75) is 38.1 Å². The Bertz CT molecular complexity index is 767. The molecule has 3 amide bonds. The Balaban J connectivity index is 1.17. The van der Waals surface area contributed by atoms with E-state index in [1.54, 1.807) is 17.0 Å². The first-order chi connectivity index (χ1) is 14.5. The third kappa shape index (κ3) is 4.26. The minimum Gasteiger partial charge on any atom is -0.360 e. The van der Waals surface area contributed by atoms with Gasteiger partial charge in [0.2, 0.25) is 0 Å². The molecule has 162 valence electrons. The molecule has 9 heteroatoms. The van der Waals surface area contributed by atoms with Crippen molar-refractivity contribution in [1.29, 1.82) is 0 Å². The number of non-ortho nitro benzene ring substituents is 1. The Morgan fingerprint density at radius 3 is 2.43 bits per heavy atom. The molecule has 9 nitrogen and oxygen atoms in total. The van der Waals surface area contributed by atoms with Crippen molar-refractivity contribution in [2.24, 2.45) is 0 Å². The average Bonchev–Trinajstić information content (AvgIpc) is 3.02. The minimum absolute atomic E-state index is 0.00348. The molecule has 0 aromatic heterocycles. The van der Waals surface area contributed by atoms with E-state index in [2.05, 4.69) is 4.90 Å². The van der Waals surface area contributed by atoms with E-state index >= 15 is 0 Å². The highest BCUT2D eigenvalue weighted by Gasteiger charge is 2.45. The van der Waals surface area contributed by atoms with Crippen molar-refractivity contribution in [3.63, 3.8) is 0 Å². The monoisotopic (exact) mass is 416 g/mol. The lowest BCUT2D eigenvalue weighted by Gasteiger charge is -2.33. The summed E-state index contributed by atoms with van der Waals surface area (Å²) in [7, 11) is 0. The van der Waals surface area contributed by atoms with E-state index < -0.39 is 0 Å². The number of nitrogens with one attached hydrogen (secondary N) is 1. The molecule has 1 atom stereocenters. The number of anilines is 1. The first-order valence-corrected chi connectivity index (χ1v) is 11.0. The number of piperazine rings is 1. The van der Waals surface area contributed by atoms with Gasteiger partial charge in [0.05, 0.1) is 37.6 Å². The van der Waals surface area contributed by atoms with Crippen LogP contribution in [0.1, 0.15) is 32.1 Å². The van der Waals surface area contributed by atoms with Crippen LogP contribution in [0.15, 0.2) is 24.3 Å². The molecule has 1 N–H and O–H groups in total. The van der Waals surface area contributed by atoms with Crippen molar-refractivity contribution >= 4 is 23.3 Å². The van der Waals surface area contributed by atoms with Gasteiger partial charge in [-0.1, -0.05) is 0 Å². The number of carbonyl (C=O) groups is 2. The zero-order valence-electron chi connectivity index (χ0n) is 17.3. The van der Waals surface area contributed by atoms with E-state index in [4.69, 9.17) is 0 Å². The van der Waals surface area contributed by atoms with Gasteiger partial charge in [-0.25, -0.2) is 4.79 Å². The number of nitrogens with zero attached hydrogens (tertiary/aromatic N) is 4. The van der Waals surface area contributed by atoms with Crippen LogP contribution in [0, 0.1) is 10.1 Å². The summed E-state index contributed by atoms with van der Waals surface area (Å²) < 4.78 is 0. The summed E-state index contributed by atoms with van der Waals surface area (Å²) in [6, 6.07) is 6.46. The maximum Gasteiger partial charge on any atom is 0.327 e. The molecule has 3 heterocycles. The minimum atomic E-state index is -0.375. The number of imide groups is 1. The van der Waals surface area contributed by atoms with Crippen molar-refractivity contribution < 1.29 is 19.4 Å². The van der Waals surface area contributed by atoms with Crippen LogP contribution < -0.4 is 9.80 Å². The van der Waals surface area contributed by atoms with Crippen LogP contribution in [0.5, 0.6) is 0 Å². The number of carbonyl (C=O) groups excluding carboxylic acids is 2. The van der Waals surface area contributed by atoms with Crippen molar-refractivity contribution in [2.75, 3.05) is 50.7 Å². The summed E-state index contributed by atoms with van der Waals surface area (Å²) in [6.07, 6.45) is 4.69. The summed E-state index contributed by atoms with van der Waals surface area (Å²) >= 11 is 0. The number of benzene rings is 1. The molecule has 3 aliphatic heterocycles. The topological polar surface area (TPSA) is 91.4 Å². The maximum atomic E-state index is 12.5. The van der Waals surface area contributed by atoms with Gasteiger partial charge in [-0.2, -0.15) is 0 Å². The Morgan fingerprint density at radius 1 is 1.03 bits per heavy atom. The van der Waals surface area contributed by atoms with Gasteiger partial charge in [0.25, 0.3) is 11.6 Å². The number of piperidine rings is 1. The Kier molecular flexibility index (Phi) is 6.17. The van der Waals surface area contributed by atoms with Gasteiger partial charge < -0.3 is 14.7 Å². The van der Waals surface area contributed by atoms with Crippen LogP contribution in [0.4, 0.5) is 16.2 Å². The quantitative estimate of drug-likeness (QED) is 0.309. The molecular formula is C21H30N5O4+. The molecule has 3 fully saturated rings. The average molecular weight is 417 g/mol. The van der Waals surface area contributed by atoms with Gasteiger partial charge in [0, 0.05) is 30.9 Å². The number of hydrogen-bond donors (Lipinski definition) is 1. The van der Waals surface area contributed by atoms with E-state index in [1.165, 1.54) is 9.80 Å². The molecule has 0 bridgehead atoms. The molecule has 0 saturated carbocycles. The number of quaternary nitrogens is 1. The zero-order chi connectivity index (χ0) is 21.1. The van der Waals surface area contributed by atoms with Crippen LogP contribution in [-0.4, -0.2) is 78.5 Å². The molecule has 1 aromatic carbocycles. The van der Waals surface area contributed by atoms with Crippen LogP contribution in [0.25, 0.3) is 0 Å². The highest BCUT2D eigenvalue weighted by Crippen LogP contribution is 2.26. The van der Waals surface area contributed by atoms with E-state index in [-0.39, 0.29) is 28.6 Å². The van der Waals surface area contributed by atoms with Crippen molar-refractivity contribution in [3.05, 3.63) is 34.4 Å². The van der Waals surface area contributed by atoms with E-state index in [0.717, 1.165) is 77.1 Å². The number of nitro benzene ring substituents is 1. The van der Waals surface area contributed by atoms with Gasteiger partial charge in [-0.05, 0) is 44.2 Å². The standard InChI is InChI=1S/C21H29N5O4/c27-20-19-5-1-2-11-24(19)21(28)25(20)12-4-3-10-22-13-15-23(16-14-22)17-6-8-18(9-7-17)26(29)30/h6-9,19H,1-5,10-16H2/p+1/t19-/m1/s1. The van der Waals surface area contributed by atoms with Gasteiger partial charge in [0.15, 0.2) is 0 Å². The van der Waals surface area contributed by atoms with Crippen LogP contribution in [0.2, 0.25) is 0 Å². The smallest absolute Gasteiger partial charge is 0.327 e. The van der Waals surface area contributed by atoms with Crippen LogP contribution in [0.3, 0.4) is 0 Å². The molecule has 3 aliphatic rings. The number of hydrogen-bond acceptors (Lipinski definition) is 5. The summed E-state index contributed by atoms with van der Waals surface area (Å²) in [4.78, 5) is 42.4. The Morgan fingerprint density at radius 2 is 1.77 bits per heavy atom. The van der Waals surface area contributed by atoms with Gasteiger partial charge in [0.1, 0.15) is 6.04 Å². The Hall–Kier alpha value is -2.68. The van der Waals surface area contributed by atoms with Crippen molar-refractivity contribution in [3.8, 4) is 0 Å². The summed E-state index contributed by atoms with van der Waals surface area (Å²) in [5.74, 6) is 0.00348. The predicted octanol–water partition coefficient (Wildman–Crippen LogP) is 0.897. The number of fused-ring (bicyclic) bond motifs is 1. The third-order valence-electron chi connectivity index (χ3n) is 6.59. The lowest BCUT2D eigenvalue weighted by Crippen LogP contribution is -3.14. The maximum absolute atomic E-state index is 12.5. The fourth-order valence-electron chi connectivity index (χ4n) is 4.81.